The maximum Gasteiger partial charge on any atom is 0.255 e. The van der Waals surface area contributed by atoms with Gasteiger partial charge >= 0.3 is 0 Å². The summed E-state index contributed by atoms with van der Waals surface area (Å²) in [7, 11) is 0. The smallest absolute Gasteiger partial charge is 0.255 e. The summed E-state index contributed by atoms with van der Waals surface area (Å²) in [5.74, 6) is -0.122. The quantitative estimate of drug-likeness (QED) is 0.907. The molecule has 2 heterocycles. The highest BCUT2D eigenvalue weighted by Gasteiger charge is 2.25. The van der Waals surface area contributed by atoms with E-state index < -0.39 is 0 Å². The number of rotatable bonds is 3. The molecular weight excluding hydrogens is 328 g/mol. The molecule has 1 aromatic rings. The van der Waals surface area contributed by atoms with Crippen molar-refractivity contribution in [2.24, 2.45) is 5.92 Å². The van der Waals surface area contributed by atoms with Crippen molar-refractivity contribution >= 4 is 23.2 Å². The number of aliphatic hydroxyl groups is 1. The summed E-state index contributed by atoms with van der Waals surface area (Å²) in [4.78, 5) is 17.0. The van der Waals surface area contributed by atoms with Gasteiger partial charge in [0.2, 0.25) is 0 Å². The monoisotopic (exact) mass is 352 g/mol. The minimum absolute atomic E-state index is 0.0192. The van der Waals surface area contributed by atoms with Gasteiger partial charge in [0, 0.05) is 44.4 Å². The fourth-order valence-electron chi connectivity index (χ4n) is 3.37. The Kier molecular flexibility index (Phi) is 5.98. The molecule has 1 aromatic carbocycles. The van der Waals surface area contributed by atoms with Gasteiger partial charge in [0.05, 0.1) is 23.8 Å². The van der Waals surface area contributed by atoms with Gasteiger partial charge in [-0.1, -0.05) is 11.6 Å². The largest absolute Gasteiger partial charge is 0.396 e. The van der Waals surface area contributed by atoms with Crippen LogP contribution in [0.2, 0.25) is 5.02 Å². The zero-order valence-electron chi connectivity index (χ0n) is 13.9. The van der Waals surface area contributed by atoms with Crippen LogP contribution in [-0.4, -0.2) is 61.9 Å². The van der Waals surface area contributed by atoms with E-state index in [4.69, 9.17) is 16.3 Å². The summed E-state index contributed by atoms with van der Waals surface area (Å²) >= 11 is 6.31. The van der Waals surface area contributed by atoms with Crippen molar-refractivity contribution in [1.82, 2.24) is 4.90 Å². The highest BCUT2D eigenvalue weighted by Crippen LogP contribution is 2.27. The van der Waals surface area contributed by atoms with Gasteiger partial charge in [-0.05, 0) is 37.5 Å². The van der Waals surface area contributed by atoms with Crippen LogP contribution in [0.1, 0.15) is 29.6 Å². The van der Waals surface area contributed by atoms with Crippen LogP contribution < -0.4 is 4.90 Å². The van der Waals surface area contributed by atoms with Crippen molar-refractivity contribution in [3.8, 4) is 0 Å². The van der Waals surface area contributed by atoms with Gasteiger partial charge in [-0.25, -0.2) is 0 Å². The SMILES string of the molecule is O=C(c1cc(N2CCCCC2)ccc1Cl)N1CCOC[C@@H](CO)C1. The van der Waals surface area contributed by atoms with Crippen LogP contribution in [-0.2, 0) is 4.74 Å². The number of nitrogens with zero attached hydrogens (tertiary/aromatic N) is 2. The first kappa shape index (κ1) is 17.5. The maximum atomic E-state index is 13.0. The molecule has 24 heavy (non-hydrogen) atoms. The Hall–Kier alpha value is -1.30. The van der Waals surface area contributed by atoms with Crippen LogP contribution >= 0.6 is 11.6 Å². The van der Waals surface area contributed by atoms with E-state index in [1.807, 2.05) is 18.2 Å². The first-order chi connectivity index (χ1) is 11.7. The Morgan fingerprint density at radius 2 is 2.04 bits per heavy atom. The van der Waals surface area contributed by atoms with Gasteiger partial charge in [0.15, 0.2) is 0 Å². The van der Waals surface area contributed by atoms with Crippen molar-refractivity contribution < 1.29 is 14.6 Å². The molecule has 0 aromatic heterocycles. The van der Waals surface area contributed by atoms with Crippen molar-refractivity contribution in [1.29, 1.82) is 0 Å². The molecular formula is C18H25ClN2O3. The summed E-state index contributed by atoms with van der Waals surface area (Å²) in [6.45, 7) is 4.08. The third-order valence-electron chi connectivity index (χ3n) is 4.78. The minimum atomic E-state index is -0.0807. The lowest BCUT2D eigenvalue weighted by atomic mass is 10.1. The number of benzene rings is 1. The number of anilines is 1. The molecule has 0 spiro atoms. The Bertz CT molecular complexity index is 575. The molecule has 1 N–H and O–H groups in total. The summed E-state index contributed by atoms with van der Waals surface area (Å²) in [6.07, 6.45) is 3.65. The Balaban J connectivity index is 1.80. The molecule has 1 amide bonds. The van der Waals surface area contributed by atoms with E-state index in [1.54, 1.807) is 4.90 Å². The molecule has 6 heteroatoms. The van der Waals surface area contributed by atoms with Crippen molar-refractivity contribution in [2.45, 2.75) is 19.3 Å². The highest BCUT2D eigenvalue weighted by atomic mass is 35.5. The average Bonchev–Trinajstić information content (AvgIpc) is 2.88. The third kappa shape index (κ3) is 4.02. The van der Waals surface area contributed by atoms with Crippen LogP contribution in [0.5, 0.6) is 0 Å². The molecule has 2 fully saturated rings. The average molecular weight is 353 g/mol. The summed E-state index contributed by atoms with van der Waals surface area (Å²) in [5, 5.41) is 9.88. The molecule has 3 rings (SSSR count). The third-order valence-corrected chi connectivity index (χ3v) is 5.11. The van der Waals surface area contributed by atoms with Gasteiger partial charge in [-0.2, -0.15) is 0 Å². The van der Waals surface area contributed by atoms with Crippen molar-refractivity contribution in [2.75, 3.05) is 50.9 Å². The Morgan fingerprint density at radius 3 is 2.79 bits per heavy atom. The second kappa shape index (κ2) is 8.19. The van der Waals surface area contributed by atoms with Gasteiger partial charge < -0.3 is 19.6 Å². The summed E-state index contributed by atoms with van der Waals surface area (Å²) in [6, 6.07) is 5.72. The van der Waals surface area contributed by atoms with Crippen LogP contribution in [0.4, 0.5) is 5.69 Å². The molecule has 0 aliphatic carbocycles. The predicted molar refractivity (Wildman–Crippen MR) is 94.8 cm³/mol. The molecule has 2 aliphatic heterocycles. The molecule has 2 saturated heterocycles. The van der Waals surface area contributed by atoms with E-state index in [0.29, 0.717) is 36.9 Å². The molecule has 0 unspecified atom stereocenters. The molecule has 2 aliphatic rings. The predicted octanol–water partition coefficient (Wildman–Crippen LogP) is 2.41. The lowest BCUT2D eigenvalue weighted by Gasteiger charge is -2.30. The second-order valence-electron chi connectivity index (χ2n) is 6.59. The molecule has 5 nitrogen and oxygen atoms in total. The van der Waals surface area contributed by atoms with Crippen LogP contribution in [0.3, 0.4) is 0 Å². The maximum absolute atomic E-state index is 13.0. The van der Waals surface area contributed by atoms with Crippen LogP contribution in [0, 0.1) is 5.92 Å². The number of amides is 1. The van der Waals surface area contributed by atoms with Gasteiger partial charge in [0.1, 0.15) is 0 Å². The fraction of sp³-hybridized carbons (Fsp3) is 0.611. The fourth-order valence-corrected chi connectivity index (χ4v) is 3.57. The highest BCUT2D eigenvalue weighted by molar-refractivity contribution is 6.34. The number of piperidine rings is 1. The van der Waals surface area contributed by atoms with E-state index in [2.05, 4.69) is 4.90 Å². The number of aliphatic hydroxyl groups excluding tert-OH is 1. The number of carbonyl (C=O) groups excluding carboxylic acids is 1. The van der Waals surface area contributed by atoms with E-state index in [0.717, 1.165) is 18.8 Å². The molecule has 1 atom stereocenters. The van der Waals surface area contributed by atoms with Gasteiger partial charge in [0.25, 0.3) is 5.91 Å². The molecule has 0 radical (unpaired) electrons. The number of halogens is 1. The van der Waals surface area contributed by atoms with E-state index >= 15 is 0 Å². The normalized spacial score (nSPS) is 22.3. The second-order valence-corrected chi connectivity index (χ2v) is 6.99. The lowest BCUT2D eigenvalue weighted by molar-refractivity contribution is 0.0728. The van der Waals surface area contributed by atoms with E-state index in [-0.39, 0.29) is 18.4 Å². The number of carbonyl (C=O) groups is 1. The standard InChI is InChI=1S/C18H25ClN2O3/c19-17-5-4-15(20-6-2-1-3-7-20)10-16(17)18(23)21-8-9-24-13-14(11-21)12-22/h4-5,10,14,22H,1-3,6-9,11-13H2/t14-/m1/s1. The van der Waals surface area contributed by atoms with Crippen LogP contribution in [0.25, 0.3) is 0 Å². The number of hydrogen-bond acceptors (Lipinski definition) is 4. The van der Waals surface area contributed by atoms with E-state index in [1.165, 1.54) is 19.3 Å². The Morgan fingerprint density at radius 1 is 1.25 bits per heavy atom. The minimum Gasteiger partial charge on any atom is -0.396 e. The van der Waals surface area contributed by atoms with Crippen molar-refractivity contribution in [3.63, 3.8) is 0 Å². The number of hydrogen-bond donors (Lipinski definition) is 1. The first-order valence-corrected chi connectivity index (χ1v) is 9.09. The molecule has 0 bridgehead atoms. The number of ether oxygens (including phenoxy) is 1. The summed E-state index contributed by atoms with van der Waals surface area (Å²) < 4.78 is 5.47. The topological polar surface area (TPSA) is 53.0 Å². The van der Waals surface area contributed by atoms with Gasteiger partial charge in [-0.3, -0.25) is 4.79 Å². The zero-order valence-corrected chi connectivity index (χ0v) is 14.7. The molecule has 132 valence electrons. The van der Waals surface area contributed by atoms with E-state index in [9.17, 15) is 9.90 Å². The van der Waals surface area contributed by atoms with Gasteiger partial charge in [-0.15, -0.1) is 0 Å². The Labute approximate surface area is 148 Å². The van der Waals surface area contributed by atoms with Crippen molar-refractivity contribution in [3.05, 3.63) is 28.8 Å². The summed E-state index contributed by atoms with van der Waals surface area (Å²) in [5.41, 5.74) is 1.60. The first-order valence-electron chi connectivity index (χ1n) is 8.71. The lowest BCUT2D eigenvalue weighted by Crippen LogP contribution is -2.37. The van der Waals surface area contributed by atoms with Crippen LogP contribution in [0.15, 0.2) is 18.2 Å². The zero-order chi connectivity index (χ0) is 16.9. The molecule has 0 saturated carbocycles.